The summed E-state index contributed by atoms with van der Waals surface area (Å²) in [6.45, 7) is 0. The van der Waals surface area contributed by atoms with Crippen LogP contribution in [-0.4, -0.2) is 0 Å². The summed E-state index contributed by atoms with van der Waals surface area (Å²) in [4.78, 5) is 0. The van der Waals surface area contributed by atoms with Crippen molar-refractivity contribution >= 4 is 0 Å². The molecule has 0 N–H and O–H groups in total. The predicted octanol–water partition coefficient (Wildman–Crippen LogP) is 2.54. The van der Waals surface area contributed by atoms with Gasteiger partial charge in [0.1, 0.15) is 0 Å². The van der Waals surface area contributed by atoms with E-state index in [4.69, 9.17) is 0 Å². The number of fused-ring (bicyclic) bond motifs is 2. The summed E-state index contributed by atoms with van der Waals surface area (Å²) in [6.07, 6.45) is 6.69. The molecule has 0 nitrogen and oxygen atoms in total. The maximum Gasteiger partial charge on any atom is -0.0173 e. The van der Waals surface area contributed by atoms with E-state index in [9.17, 15) is 0 Å². The van der Waals surface area contributed by atoms with E-state index in [2.05, 4.69) is 0 Å². The predicted molar refractivity (Wildman–Crippen MR) is 48.8 cm³/mol. The number of rotatable bonds is 0. The Morgan fingerprint density at radius 2 is 1.62 bits per heavy atom. The third-order valence-corrected chi connectivity index (χ3v) is 7.74. The van der Waals surface area contributed by atoms with Crippen molar-refractivity contribution in [1.29, 1.82) is 0 Å². The van der Waals surface area contributed by atoms with Crippen LogP contribution in [0.1, 0.15) is 25.7 Å². The van der Waals surface area contributed by atoms with Crippen molar-refractivity contribution in [2.45, 2.75) is 25.7 Å². The fourth-order valence-electron chi connectivity index (χ4n) is 7.79. The van der Waals surface area contributed by atoms with Gasteiger partial charge in [-0.3, -0.25) is 0 Å². The molecule has 0 amide bonds. The first-order valence-electron chi connectivity index (χ1n) is 6.42. The molecule has 0 saturated heterocycles. The molecule has 9 atom stereocenters. The lowest BCUT2D eigenvalue weighted by atomic mass is 9.25. The zero-order valence-corrected chi connectivity index (χ0v) is 7.95. The first-order valence-corrected chi connectivity index (χ1v) is 6.42. The molecule has 9 unspecified atom stereocenters. The molecule has 6 rings (SSSR count). The monoisotopic (exact) mass is 172 g/mol. The van der Waals surface area contributed by atoms with Crippen LogP contribution in [0, 0.1) is 52.8 Å². The molecule has 0 aromatic carbocycles. The molecule has 6 saturated carbocycles. The van der Waals surface area contributed by atoms with E-state index < -0.39 is 0 Å². The Kier molecular flexibility index (Phi) is 0.558. The van der Waals surface area contributed by atoms with Crippen molar-refractivity contribution in [2.75, 3.05) is 0 Å². The quantitative estimate of drug-likeness (QED) is 0.527. The summed E-state index contributed by atoms with van der Waals surface area (Å²) in [5, 5.41) is 0. The van der Waals surface area contributed by atoms with Crippen LogP contribution >= 0.6 is 0 Å². The summed E-state index contributed by atoms with van der Waals surface area (Å²) in [7, 11) is 0. The molecule has 6 fully saturated rings. The van der Waals surface area contributed by atoms with Crippen LogP contribution in [0.25, 0.3) is 0 Å². The van der Waals surface area contributed by atoms with E-state index in [-0.39, 0.29) is 0 Å². The van der Waals surface area contributed by atoms with Crippen molar-refractivity contribution in [3.05, 3.63) is 0 Å². The highest BCUT2D eigenvalue weighted by molar-refractivity contribution is 5.36. The second kappa shape index (κ2) is 1.26. The average molecular weight is 172 g/mol. The minimum Gasteiger partial charge on any atom is -0.0467 e. The molecule has 0 bridgehead atoms. The highest BCUT2D eigenvalue weighted by Crippen LogP contribution is 2.94. The highest BCUT2D eigenvalue weighted by atomic mass is 14.9. The van der Waals surface area contributed by atoms with E-state index in [0.717, 1.165) is 5.41 Å². The summed E-state index contributed by atoms with van der Waals surface area (Å²) in [5.74, 6) is 10.2. The van der Waals surface area contributed by atoms with E-state index in [1.165, 1.54) is 47.3 Å². The molecule has 0 heteroatoms. The molecule has 6 aliphatic carbocycles. The van der Waals surface area contributed by atoms with Crippen molar-refractivity contribution in [1.82, 2.24) is 0 Å². The highest BCUT2D eigenvalue weighted by Gasteiger charge is 2.89. The lowest BCUT2D eigenvalue weighted by Crippen LogP contribution is -2.74. The molecule has 68 valence electrons. The average Bonchev–Trinajstić information content (AvgIpc) is 2.41. The van der Waals surface area contributed by atoms with Gasteiger partial charge in [-0.25, -0.2) is 0 Å². The number of hydrogen-bond acceptors (Lipinski definition) is 0. The molecule has 6 aliphatic rings. The van der Waals surface area contributed by atoms with Crippen molar-refractivity contribution in [2.24, 2.45) is 52.8 Å². The van der Waals surface area contributed by atoms with Gasteiger partial charge in [0.15, 0.2) is 0 Å². The molecule has 1 spiro atoms. The van der Waals surface area contributed by atoms with Gasteiger partial charge in [0, 0.05) is 0 Å². The maximum atomic E-state index is 1.68. The smallest absolute Gasteiger partial charge is 0.0173 e. The first kappa shape index (κ1) is 5.78. The molecule has 13 heavy (non-hydrogen) atoms. The van der Waals surface area contributed by atoms with Crippen molar-refractivity contribution < 1.29 is 0 Å². The summed E-state index contributed by atoms with van der Waals surface area (Å²) >= 11 is 0. The second-order valence-electron chi connectivity index (χ2n) is 7.04. The van der Waals surface area contributed by atoms with Crippen LogP contribution in [0.3, 0.4) is 0 Å². The van der Waals surface area contributed by atoms with Gasteiger partial charge >= 0.3 is 0 Å². The van der Waals surface area contributed by atoms with Gasteiger partial charge in [-0.15, -0.1) is 0 Å². The maximum absolute atomic E-state index is 1.68. The van der Waals surface area contributed by atoms with Gasteiger partial charge in [0.25, 0.3) is 0 Å². The minimum atomic E-state index is 1.05. The standard InChI is InChI=1S/C13H16/c1-5-2-8-10-4-6-3-9-7(1)11(5)12(8)13(6,9)10/h5-12H,1-4H2. The Morgan fingerprint density at radius 3 is 2.46 bits per heavy atom. The first-order chi connectivity index (χ1) is 6.42. The van der Waals surface area contributed by atoms with E-state index in [0.29, 0.717) is 0 Å². The summed E-state index contributed by atoms with van der Waals surface area (Å²) < 4.78 is 0. The largest absolute Gasteiger partial charge is 0.0467 e. The van der Waals surface area contributed by atoms with Crippen LogP contribution < -0.4 is 0 Å². The van der Waals surface area contributed by atoms with Crippen molar-refractivity contribution in [3.63, 3.8) is 0 Å². The van der Waals surface area contributed by atoms with Crippen molar-refractivity contribution in [3.8, 4) is 0 Å². The lowest BCUT2D eigenvalue weighted by molar-refractivity contribution is -0.315. The lowest BCUT2D eigenvalue weighted by Gasteiger charge is -2.79. The zero-order chi connectivity index (χ0) is 7.95. The molecule has 0 radical (unpaired) electrons. The van der Waals surface area contributed by atoms with Gasteiger partial charge in [-0.2, -0.15) is 0 Å². The Morgan fingerprint density at radius 1 is 0.846 bits per heavy atom. The Hall–Kier alpha value is 0. The van der Waals surface area contributed by atoms with Crippen LogP contribution in [0.15, 0.2) is 0 Å². The molecule has 0 heterocycles. The van der Waals surface area contributed by atoms with Crippen LogP contribution in [-0.2, 0) is 0 Å². The summed E-state index contributed by atoms with van der Waals surface area (Å²) in [6, 6.07) is 0. The van der Waals surface area contributed by atoms with Gasteiger partial charge in [0.2, 0.25) is 0 Å². The second-order valence-corrected chi connectivity index (χ2v) is 7.04. The van der Waals surface area contributed by atoms with Gasteiger partial charge in [-0.1, -0.05) is 0 Å². The fourth-order valence-corrected chi connectivity index (χ4v) is 7.79. The molecule has 0 aliphatic heterocycles. The normalized spacial score (nSPS) is 88.6. The third kappa shape index (κ3) is 0.293. The Bertz CT molecular complexity index is 344. The molecule has 0 aromatic rings. The molecule has 0 aromatic heterocycles. The third-order valence-electron chi connectivity index (χ3n) is 7.74. The molecular weight excluding hydrogens is 156 g/mol. The van der Waals surface area contributed by atoms with Gasteiger partial charge < -0.3 is 0 Å². The fraction of sp³-hybridized carbons (Fsp3) is 1.00. The van der Waals surface area contributed by atoms with E-state index in [1.54, 1.807) is 25.7 Å². The zero-order valence-electron chi connectivity index (χ0n) is 7.95. The molecular formula is C13H16. The van der Waals surface area contributed by atoms with Crippen LogP contribution in [0.2, 0.25) is 0 Å². The van der Waals surface area contributed by atoms with Gasteiger partial charge in [0.05, 0.1) is 0 Å². The van der Waals surface area contributed by atoms with Gasteiger partial charge in [-0.05, 0) is 78.4 Å². The number of hydrogen-bond donors (Lipinski definition) is 0. The minimum absolute atomic E-state index is 1.05. The Balaban J connectivity index is 1.67. The van der Waals surface area contributed by atoms with Crippen LogP contribution in [0.5, 0.6) is 0 Å². The van der Waals surface area contributed by atoms with E-state index in [1.807, 2.05) is 0 Å². The Labute approximate surface area is 79.1 Å². The topological polar surface area (TPSA) is 0 Å². The van der Waals surface area contributed by atoms with E-state index >= 15 is 0 Å². The summed E-state index contributed by atoms with van der Waals surface area (Å²) in [5.41, 5.74) is 1.05. The van der Waals surface area contributed by atoms with Crippen LogP contribution in [0.4, 0.5) is 0 Å². The SMILES string of the molecule is C1C2CC3C4CC5CC6C1C2C3C564.